The van der Waals surface area contributed by atoms with E-state index in [2.05, 4.69) is 19.2 Å². The Morgan fingerprint density at radius 1 is 0.667 bits per heavy atom. The lowest BCUT2D eigenvalue weighted by molar-refractivity contribution is 0.136. The highest BCUT2D eigenvalue weighted by Gasteiger charge is 2.19. The van der Waals surface area contributed by atoms with Crippen molar-refractivity contribution in [2.45, 2.75) is 23.3 Å². The van der Waals surface area contributed by atoms with Gasteiger partial charge in [0.2, 0.25) is 20.0 Å². The first kappa shape index (κ1) is 29.2. The average molecular weight is 573 g/mol. The van der Waals surface area contributed by atoms with Gasteiger partial charge in [-0.2, -0.15) is 0 Å². The van der Waals surface area contributed by atoms with Crippen molar-refractivity contribution in [1.82, 2.24) is 19.2 Å². The maximum absolute atomic E-state index is 12.7. The lowest BCUT2D eigenvalue weighted by atomic mass is 10.2. The number of sulfonamides is 2. The monoisotopic (exact) mass is 572 g/mol. The largest absolute Gasteiger partial charge is 0.489 e. The van der Waals surface area contributed by atoms with Gasteiger partial charge in [0.25, 0.3) is 0 Å². The highest BCUT2D eigenvalue weighted by molar-refractivity contribution is 7.89. The molecule has 1 aliphatic heterocycles. The molecular weight excluding hydrogens is 536 g/mol. The lowest BCUT2D eigenvalue weighted by Crippen LogP contribution is -2.49. The molecule has 1 fully saturated rings. The fourth-order valence-corrected chi connectivity index (χ4v) is 6.29. The smallest absolute Gasteiger partial charge is 0.240 e. The molecule has 0 radical (unpaired) electrons. The molecule has 3 aromatic rings. The van der Waals surface area contributed by atoms with E-state index in [9.17, 15) is 16.8 Å². The molecule has 39 heavy (non-hydrogen) atoms. The Morgan fingerprint density at radius 2 is 1.13 bits per heavy atom. The van der Waals surface area contributed by atoms with E-state index in [0.29, 0.717) is 38.5 Å². The van der Waals surface area contributed by atoms with Gasteiger partial charge in [0.1, 0.15) is 12.4 Å². The van der Waals surface area contributed by atoms with Gasteiger partial charge in [0, 0.05) is 52.4 Å². The molecule has 0 spiro atoms. The number of nitrogens with zero attached hydrogens (tertiary/aromatic N) is 2. The molecule has 4 rings (SSSR count). The molecule has 0 saturated carbocycles. The van der Waals surface area contributed by atoms with E-state index in [1.165, 1.54) is 0 Å². The van der Waals surface area contributed by atoms with Crippen LogP contribution >= 0.6 is 0 Å². The third kappa shape index (κ3) is 8.85. The molecule has 0 bridgehead atoms. The predicted molar refractivity (Wildman–Crippen MR) is 152 cm³/mol. The first-order valence-corrected chi connectivity index (χ1v) is 16.0. The van der Waals surface area contributed by atoms with E-state index in [0.717, 1.165) is 37.3 Å². The summed E-state index contributed by atoms with van der Waals surface area (Å²) in [5, 5.41) is 0. The van der Waals surface area contributed by atoms with Crippen molar-refractivity contribution in [3.05, 3.63) is 90.0 Å². The number of nitrogens with one attached hydrogen (secondary N) is 2. The molecule has 0 atom stereocenters. The van der Waals surface area contributed by atoms with Gasteiger partial charge in [-0.25, -0.2) is 26.3 Å². The summed E-state index contributed by atoms with van der Waals surface area (Å²) in [7, 11) is -7.13. The first-order valence-electron chi connectivity index (χ1n) is 13.0. The number of hydrogen-bond donors (Lipinski definition) is 2. The lowest BCUT2D eigenvalue weighted by Gasteiger charge is -2.34. The number of hydrogen-bond acceptors (Lipinski definition) is 7. The third-order valence-electron chi connectivity index (χ3n) is 6.62. The quantitative estimate of drug-likeness (QED) is 0.324. The first-order chi connectivity index (χ1) is 18.7. The molecule has 1 saturated heterocycles. The topological polar surface area (TPSA) is 108 Å². The van der Waals surface area contributed by atoms with Crippen LogP contribution in [0.2, 0.25) is 0 Å². The molecule has 9 nitrogen and oxygen atoms in total. The fourth-order valence-electron chi connectivity index (χ4n) is 4.25. The molecule has 210 valence electrons. The number of ether oxygens (including phenoxy) is 1. The van der Waals surface area contributed by atoms with Gasteiger partial charge in [-0.15, -0.1) is 0 Å². The summed E-state index contributed by atoms with van der Waals surface area (Å²) in [5.41, 5.74) is 2.05. The Hall–Kier alpha value is -2.80. The normalized spacial score (nSPS) is 15.3. The van der Waals surface area contributed by atoms with Crippen LogP contribution in [0, 0.1) is 6.92 Å². The van der Waals surface area contributed by atoms with Crippen molar-refractivity contribution in [2.24, 2.45) is 0 Å². The highest BCUT2D eigenvalue weighted by atomic mass is 32.2. The minimum atomic E-state index is -3.61. The van der Waals surface area contributed by atoms with E-state index < -0.39 is 20.0 Å². The predicted octanol–water partition coefficient (Wildman–Crippen LogP) is 2.45. The van der Waals surface area contributed by atoms with Crippen molar-refractivity contribution in [3.8, 4) is 5.75 Å². The van der Waals surface area contributed by atoms with Crippen molar-refractivity contribution in [1.29, 1.82) is 0 Å². The minimum Gasteiger partial charge on any atom is -0.489 e. The van der Waals surface area contributed by atoms with E-state index in [4.69, 9.17) is 4.74 Å². The highest BCUT2D eigenvalue weighted by Crippen LogP contribution is 2.17. The van der Waals surface area contributed by atoms with Crippen LogP contribution in [0.15, 0.2) is 88.7 Å². The summed E-state index contributed by atoms with van der Waals surface area (Å²) < 4.78 is 61.4. The summed E-state index contributed by atoms with van der Waals surface area (Å²) in [5.74, 6) is 0.610. The second-order valence-corrected chi connectivity index (χ2v) is 13.1. The molecule has 2 N–H and O–H groups in total. The van der Waals surface area contributed by atoms with Gasteiger partial charge in [0.15, 0.2) is 0 Å². The van der Waals surface area contributed by atoms with Gasteiger partial charge < -0.3 is 4.74 Å². The number of benzene rings is 3. The zero-order chi connectivity index (χ0) is 27.7. The Morgan fingerprint density at radius 3 is 1.62 bits per heavy atom. The Labute approximate surface area is 231 Å². The molecule has 0 unspecified atom stereocenters. The van der Waals surface area contributed by atoms with E-state index in [1.807, 2.05) is 37.3 Å². The molecule has 0 aliphatic carbocycles. The van der Waals surface area contributed by atoms with Gasteiger partial charge >= 0.3 is 0 Å². The van der Waals surface area contributed by atoms with Gasteiger partial charge in [-0.05, 0) is 48.9 Å². The van der Waals surface area contributed by atoms with Crippen molar-refractivity contribution in [2.75, 3.05) is 52.4 Å². The molecule has 1 heterocycles. The second-order valence-electron chi connectivity index (χ2n) is 9.54. The van der Waals surface area contributed by atoms with Gasteiger partial charge in [-0.1, -0.05) is 48.0 Å². The second kappa shape index (κ2) is 13.5. The summed E-state index contributed by atoms with van der Waals surface area (Å²) in [6.07, 6.45) is 0. The summed E-state index contributed by atoms with van der Waals surface area (Å²) >= 11 is 0. The third-order valence-corrected chi connectivity index (χ3v) is 9.57. The van der Waals surface area contributed by atoms with Crippen LogP contribution in [0.25, 0.3) is 0 Å². The minimum absolute atomic E-state index is 0.201. The molecule has 0 aromatic heterocycles. The molecular formula is C28H36N4O5S2. The maximum Gasteiger partial charge on any atom is 0.240 e. The fraction of sp³-hybridized carbons (Fsp3) is 0.357. The Balaban J connectivity index is 1.13. The van der Waals surface area contributed by atoms with Crippen molar-refractivity contribution < 1.29 is 21.6 Å². The number of rotatable bonds is 13. The summed E-state index contributed by atoms with van der Waals surface area (Å²) in [6, 6.07) is 23.0. The van der Waals surface area contributed by atoms with Crippen LogP contribution in [0.3, 0.4) is 0 Å². The van der Waals surface area contributed by atoms with Gasteiger partial charge in [0.05, 0.1) is 9.79 Å². The number of aryl methyl sites for hydroxylation is 1. The number of piperazine rings is 1. The Bertz CT molecular complexity index is 1390. The summed E-state index contributed by atoms with van der Waals surface area (Å²) in [4.78, 5) is 4.88. The maximum atomic E-state index is 12.7. The SMILES string of the molecule is Cc1ccc(S(=O)(=O)NCCN2CCN(CCNS(=O)(=O)c3ccc(OCc4ccccc4)cc3)CC2)cc1. The van der Waals surface area contributed by atoms with Crippen LogP contribution < -0.4 is 14.2 Å². The van der Waals surface area contributed by atoms with Crippen molar-refractivity contribution >= 4 is 20.0 Å². The van der Waals surface area contributed by atoms with E-state index in [-0.39, 0.29) is 9.79 Å². The molecule has 3 aromatic carbocycles. The van der Waals surface area contributed by atoms with Crippen LogP contribution in [-0.2, 0) is 26.7 Å². The molecule has 11 heteroatoms. The average Bonchev–Trinajstić information content (AvgIpc) is 2.94. The zero-order valence-electron chi connectivity index (χ0n) is 22.1. The zero-order valence-corrected chi connectivity index (χ0v) is 23.8. The van der Waals surface area contributed by atoms with Crippen LogP contribution in [0.1, 0.15) is 11.1 Å². The Kier molecular flexibility index (Phi) is 10.1. The van der Waals surface area contributed by atoms with E-state index >= 15 is 0 Å². The molecule has 1 aliphatic rings. The standard InChI is InChI=1S/C28H36N4O5S2/c1-24-7-11-27(12-8-24)38(33,34)29-15-17-31-19-21-32(22-20-31)18-16-30-39(35,36)28-13-9-26(10-14-28)37-23-25-5-3-2-4-6-25/h2-14,29-30H,15-23H2,1H3. The van der Waals surface area contributed by atoms with Crippen molar-refractivity contribution in [3.63, 3.8) is 0 Å². The van der Waals surface area contributed by atoms with E-state index in [1.54, 1.807) is 48.5 Å². The van der Waals surface area contributed by atoms with Crippen LogP contribution in [0.4, 0.5) is 0 Å². The van der Waals surface area contributed by atoms with Crippen LogP contribution in [0.5, 0.6) is 5.75 Å². The summed E-state index contributed by atoms with van der Waals surface area (Å²) in [6.45, 7) is 7.38. The molecule has 0 amide bonds. The van der Waals surface area contributed by atoms with Gasteiger partial charge in [-0.3, -0.25) is 9.80 Å². The van der Waals surface area contributed by atoms with Crippen LogP contribution in [-0.4, -0.2) is 79.0 Å².